The predicted octanol–water partition coefficient (Wildman–Crippen LogP) is 7.53. The van der Waals surface area contributed by atoms with Crippen LogP contribution in [-0.2, 0) is 48.0 Å². The van der Waals surface area contributed by atoms with Gasteiger partial charge in [-0.3, -0.25) is 29.3 Å². The fourth-order valence-corrected chi connectivity index (χ4v) is 9.37. The van der Waals surface area contributed by atoms with Crippen LogP contribution in [0.15, 0.2) is 54.7 Å². The molecule has 0 radical (unpaired) electrons. The summed E-state index contributed by atoms with van der Waals surface area (Å²) in [6.45, 7) is 20.3. The summed E-state index contributed by atoms with van der Waals surface area (Å²) in [4.78, 5) is 61.4. The number of hydrazine groups is 1. The van der Waals surface area contributed by atoms with Crippen LogP contribution in [0.3, 0.4) is 0 Å². The van der Waals surface area contributed by atoms with Crippen molar-refractivity contribution >= 4 is 40.5 Å². The topological polar surface area (TPSA) is 168 Å². The summed E-state index contributed by atoms with van der Waals surface area (Å²) in [7, 11) is 1.71. The fourth-order valence-electron chi connectivity index (χ4n) is 9.37. The molecule has 2 aromatic heterocycles. The number of piperazine rings is 1. The molecule has 15 nitrogen and oxygen atoms in total. The molecule has 2 amide bonds. The van der Waals surface area contributed by atoms with Crippen molar-refractivity contribution in [2.75, 3.05) is 51.3 Å². The standard InChI is InChI=1S/C51H69N7O8/c1-10-57-44-19-16-36(35-14-11-13-34(25-35)26-43(53-49(63)66-50(4,5)6)47(60)58-20-12-15-42(54-58)48(61)62)27-39(44)41(29-51(7,8)31-65-33(3)59)46(57)40-28-38(30-52-45(40)32(2)64-9)56-23-21-55(22-24-56)37-17-18-37/h11,13-14,16,19,25,27-28,30,32,37,42-43,54H,10,12,15,17-18,20-24,26,29,31H2,1-9H3,(H,53,63)(H,61,62)/t32-,42-,43-/m0/s1. The van der Waals surface area contributed by atoms with Gasteiger partial charge in [-0.05, 0) is 107 Å². The van der Waals surface area contributed by atoms with E-state index < -0.39 is 41.1 Å². The largest absolute Gasteiger partial charge is 0.480 e. The average Bonchev–Trinajstić information content (AvgIpc) is 4.10. The molecule has 4 aromatic rings. The Morgan fingerprint density at radius 3 is 2.33 bits per heavy atom. The van der Waals surface area contributed by atoms with Gasteiger partial charge < -0.3 is 34.1 Å². The number of nitrogens with zero attached hydrogens (tertiary/aromatic N) is 5. The minimum absolute atomic E-state index is 0.134. The highest BCUT2D eigenvalue weighted by Crippen LogP contribution is 2.43. The third-order valence-electron chi connectivity index (χ3n) is 12.9. The van der Waals surface area contributed by atoms with Crippen LogP contribution in [0.1, 0.15) is 104 Å². The number of pyridine rings is 1. The zero-order valence-corrected chi connectivity index (χ0v) is 40.2. The Bertz CT molecular complexity index is 2410. The minimum Gasteiger partial charge on any atom is -0.480 e. The van der Waals surface area contributed by atoms with Crippen LogP contribution in [0.4, 0.5) is 10.5 Å². The third-order valence-corrected chi connectivity index (χ3v) is 12.9. The first-order valence-corrected chi connectivity index (χ1v) is 23.5. The molecule has 3 atom stereocenters. The highest BCUT2D eigenvalue weighted by Gasteiger charge is 2.35. The Labute approximate surface area is 389 Å². The first-order chi connectivity index (χ1) is 31.3. The summed E-state index contributed by atoms with van der Waals surface area (Å²) in [6, 6.07) is 15.5. The number of carbonyl (C=O) groups is 4. The van der Waals surface area contributed by atoms with Gasteiger partial charge >= 0.3 is 18.0 Å². The quantitative estimate of drug-likeness (QED) is 0.0948. The van der Waals surface area contributed by atoms with E-state index in [1.165, 1.54) is 24.8 Å². The number of aliphatic carboxylic acids is 1. The Morgan fingerprint density at radius 1 is 0.955 bits per heavy atom. The maximum atomic E-state index is 14.1. The summed E-state index contributed by atoms with van der Waals surface area (Å²) in [5, 5.41) is 14.9. The van der Waals surface area contributed by atoms with Crippen molar-refractivity contribution in [2.45, 2.75) is 130 Å². The number of amides is 2. The van der Waals surface area contributed by atoms with E-state index >= 15 is 0 Å². The van der Waals surface area contributed by atoms with E-state index in [9.17, 15) is 24.3 Å². The van der Waals surface area contributed by atoms with Gasteiger partial charge in [0.15, 0.2) is 0 Å². The summed E-state index contributed by atoms with van der Waals surface area (Å²) in [5.41, 5.74) is 10.5. The maximum absolute atomic E-state index is 14.1. The lowest BCUT2D eigenvalue weighted by Gasteiger charge is -2.36. The van der Waals surface area contributed by atoms with Crippen molar-refractivity contribution in [1.29, 1.82) is 0 Å². The number of aryl methyl sites for hydroxylation is 1. The van der Waals surface area contributed by atoms with Crippen LogP contribution in [0, 0.1) is 5.41 Å². The van der Waals surface area contributed by atoms with E-state index in [0.717, 1.165) is 88.0 Å². The lowest BCUT2D eigenvalue weighted by Crippen LogP contribution is -2.60. The van der Waals surface area contributed by atoms with Gasteiger partial charge in [-0.15, -0.1) is 0 Å². The summed E-state index contributed by atoms with van der Waals surface area (Å²) in [6.07, 6.45) is 5.18. The van der Waals surface area contributed by atoms with Crippen LogP contribution >= 0.6 is 0 Å². The monoisotopic (exact) mass is 908 g/mol. The zero-order chi connectivity index (χ0) is 47.5. The number of esters is 1. The Hall–Kier alpha value is -5.51. The SMILES string of the molecule is CCn1c(-c2cc(N3CCN(C4CC4)CC3)cnc2[C@H](C)OC)c(CC(C)(C)COC(C)=O)c2cc(-c3cccc(C[C@H](NC(=O)OC(C)(C)C)C(=O)N4CCC[C@@H](C(=O)O)N4)c3)ccc21. The molecular weight excluding hydrogens is 839 g/mol. The van der Waals surface area contributed by atoms with E-state index in [1.807, 2.05) is 37.4 Å². The van der Waals surface area contributed by atoms with E-state index in [-0.39, 0.29) is 25.1 Å². The van der Waals surface area contributed by atoms with Gasteiger partial charge in [-0.1, -0.05) is 44.2 Å². The zero-order valence-electron chi connectivity index (χ0n) is 40.2. The number of aromatic nitrogens is 2. The number of alkyl carbamates (subject to hydrolysis) is 1. The van der Waals surface area contributed by atoms with Gasteiger partial charge in [0.05, 0.1) is 36.0 Å². The van der Waals surface area contributed by atoms with E-state index in [4.69, 9.17) is 19.2 Å². The predicted molar refractivity (Wildman–Crippen MR) is 255 cm³/mol. The van der Waals surface area contributed by atoms with Gasteiger partial charge in [0.2, 0.25) is 0 Å². The third kappa shape index (κ3) is 11.5. The Morgan fingerprint density at radius 2 is 1.68 bits per heavy atom. The van der Waals surface area contributed by atoms with Crippen molar-refractivity contribution in [1.82, 2.24) is 30.2 Å². The van der Waals surface area contributed by atoms with Crippen molar-refractivity contribution in [2.24, 2.45) is 5.41 Å². The number of anilines is 1. The molecule has 4 heterocycles. The van der Waals surface area contributed by atoms with Crippen molar-refractivity contribution < 1.29 is 38.5 Å². The second-order valence-corrected chi connectivity index (χ2v) is 19.9. The van der Waals surface area contributed by atoms with Crippen LogP contribution in [0.25, 0.3) is 33.3 Å². The number of methoxy groups -OCH3 is 1. The first kappa shape index (κ1) is 48.4. The van der Waals surface area contributed by atoms with Gasteiger partial charge in [-0.25, -0.2) is 10.2 Å². The molecule has 1 aliphatic carbocycles. The molecule has 3 aliphatic rings. The molecule has 2 aromatic carbocycles. The number of hydrogen-bond acceptors (Lipinski definition) is 11. The number of carboxylic acids is 1. The Kier molecular flexibility index (Phi) is 14.8. The van der Waals surface area contributed by atoms with Gasteiger partial charge in [0, 0.05) is 87.6 Å². The first-order valence-electron chi connectivity index (χ1n) is 23.5. The number of benzene rings is 2. The molecular formula is C51H69N7O8. The summed E-state index contributed by atoms with van der Waals surface area (Å²) >= 11 is 0. The van der Waals surface area contributed by atoms with Crippen LogP contribution in [0.5, 0.6) is 0 Å². The van der Waals surface area contributed by atoms with E-state index in [2.05, 4.69) is 70.1 Å². The van der Waals surface area contributed by atoms with Crippen molar-refractivity contribution in [3.63, 3.8) is 0 Å². The molecule has 356 valence electrons. The number of rotatable bonds is 16. The highest BCUT2D eigenvalue weighted by molar-refractivity contribution is 5.96. The molecule has 66 heavy (non-hydrogen) atoms. The number of carboxylic acid groups (broad SMARTS) is 1. The number of fused-ring (bicyclic) bond motifs is 1. The Balaban J connectivity index is 1.30. The molecule has 0 unspecified atom stereocenters. The van der Waals surface area contributed by atoms with Crippen molar-refractivity contribution in [3.8, 4) is 22.4 Å². The molecule has 15 heteroatoms. The molecule has 1 saturated carbocycles. The van der Waals surface area contributed by atoms with Crippen LogP contribution in [0.2, 0.25) is 0 Å². The fraction of sp³-hybridized carbons (Fsp3) is 0.549. The lowest BCUT2D eigenvalue weighted by atomic mass is 9.84. The molecule has 3 fully saturated rings. The highest BCUT2D eigenvalue weighted by atomic mass is 16.6. The molecule has 2 saturated heterocycles. The van der Waals surface area contributed by atoms with E-state index in [0.29, 0.717) is 32.4 Å². The molecule has 2 aliphatic heterocycles. The summed E-state index contributed by atoms with van der Waals surface area (Å²) < 4.78 is 19.6. The van der Waals surface area contributed by atoms with Gasteiger partial charge in [0.25, 0.3) is 5.91 Å². The second-order valence-electron chi connectivity index (χ2n) is 19.9. The van der Waals surface area contributed by atoms with Crippen LogP contribution < -0.4 is 15.6 Å². The molecule has 0 spiro atoms. The summed E-state index contributed by atoms with van der Waals surface area (Å²) in [5.74, 6) is -1.81. The second kappa shape index (κ2) is 20.2. The number of ether oxygens (including phenoxy) is 3. The average molecular weight is 908 g/mol. The number of carbonyl (C=O) groups excluding carboxylic acids is 3. The molecule has 7 rings (SSSR count). The minimum atomic E-state index is -1.04. The van der Waals surface area contributed by atoms with E-state index in [1.54, 1.807) is 27.9 Å². The number of nitrogens with one attached hydrogen (secondary N) is 2. The maximum Gasteiger partial charge on any atom is 0.408 e. The normalized spacial score (nSPS) is 18.2. The van der Waals surface area contributed by atoms with Gasteiger partial charge in [0.1, 0.15) is 17.7 Å². The van der Waals surface area contributed by atoms with Gasteiger partial charge in [-0.2, -0.15) is 0 Å². The molecule has 3 N–H and O–H groups in total. The van der Waals surface area contributed by atoms with Crippen LogP contribution in [-0.4, -0.2) is 119 Å². The molecule has 0 bridgehead atoms. The lowest BCUT2D eigenvalue weighted by molar-refractivity contribution is -0.148. The smallest absolute Gasteiger partial charge is 0.408 e. The number of hydrogen-bond donors (Lipinski definition) is 3. The van der Waals surface area contributed by atoms with Crippen molar-refractivity contribution in [3.05, 3.63) is 71.5 Å².